The van der Waals surface area contributed by atoms with Crippen molar-refractivity contribution in [1.29, 1.82) is 0 Å². The van der Waals surface area contributed by atoms with Crippen LogP contribution in [0.3, 0.4) is 0 Å². The summed E-state index contributed by atoms with van der Waals surface area (Å²) in [5, 5.41) is 47.4. The number of aliphatic carboxylic acids is 2. The molecule has 0 fully saturated rings. The van der Waals surface area contributed by atoms with Crippen LogP contribution in [-0.2, 0) is 40.0 Å². The molecule has 0 radical (unpaired) electrons. The van der Waals surface area contributed by atoms with E-state index in [1.54, 1.807) is 26.0 Å². The van der Waals surface area contributed by atoms with Gasteiger partial charge in [-0.15, -0.1) is 0 Å². The molecule has 0 aliphatic carbocycles. The Morgan fingerprint density at radius 3 is 1.76 bits per heavy atom. The zero-order valence-electron chi connectivity index (χ0n) is 25.9. The van der Waals surface area contributed by atoms with Crippen LogP contribution in [0.4, 0.5) is 0 Å². The van der Waals surface area contributed by atoms with Gasteiger partial charge in [-0.1, -0.05) is 26.0 Å². The van der Waals surface area contributed by atoms with Gasteiger partial charge in [0.25, 0.3) is 0 Å². The summed E-state index contributed by atoms with van der Waals surface area (Å²) in [6, 6.07) is -1.21. The monoisotopic (exact) mass is 652 g/mol. The molecule has 256 valence electrons. The van der Waals surface area contributed by atoms with Crippen LogP contribution < -0.4 is 32.7 Å². The number of phenolic OH excluding ortho intramolecular Hbond substituents is 1. The van der Waals surface area contributed by atoms with Gasteiger partial charge in [0.15, 0.2) is 0 Å². The predicted octanol–water partition coefficient (Wildman–Crippen LogP) is -2.16. The van der Waals surface area contributed by atoms with E-state index in [1.165, 1.54) is 19.1 Å². The van der Waals surface area contributed by atoms with Crippen molar-refractivity contribution in [3.8, 4) is 5.75 Å². The third-order valence-electron chi connectivity index (χ3n) is 6.71. The fraction of sp³-hybridized carbons (Fsp3) is 0.552. The molecule has 0 aliphatic heterocycles. The van der Waals surface area contributed by atoms with Crippen LogP contribution >= 0.6 is 0 Å². The van der Waals surface area contributed by atoms with E-state index in [0.717, 1.165) is 0 Å². The second kappa shape index (κ2) is 18.9. The number of nitrogens with one attached hydrogen (secondary N) is 4. The van der Waals surface area contributed by atoms with E-state index in [0.29, 0.717) is 5.56 Å². The van der Waals surface area contributed by atoms with E-state index in [9.17, 15) is 48.9 Å². The smallest absolute Gasteiger partial charge is 0.326 e. The summed E-state index contributed by atoms with van der Waals surface area (Å²) in [6.45, 7) is 4.62. The molecule has 0 heterocycles. The molecule has 17 nitrogen and oxygen atoms in total. The minimum Gasteiger partial charge on any atom is -0.508 e. The fourth-order valence-electron chi connectivity index (χ4n) is 4.23. The summed E-state index contributed by atoms with van der Waals surface area (Å²) in [4.78, 5) is 86.2. The zero-order chi connectivity index (χ0) is 35.1. The van der Waals surface area contributed by atoms with Crippen LogP contribution in [-0.4, -0.2) is 98.2 Å². The van der Waals surface area contributed by atoms with E-state index in [4.69, 9.17) is 16.6 Å². The minimum atomic E-state index is -1.67. The lowest BCUT2D eigenvalue weighted by Gasteiger charge is -2.28. The summed E-state index contributed by atoms with van der Waals surface area (Å²) in [6.07, 6.45) is -3.05. The topological polar surface area (TPSA) is 301 Å². The van der Waals surface area contributed by atoms with Crippen LogP contribution in [0, 0.1) is 5.92 Å². The van der Waals surface area contributed by atoms with Gasteiger partial charge >= 0.3 is 11.9 Å². The van der Waals surface area contributed by atoms with Gasteiger partial charge in [0, 0.05) is 12.8 Å². The molecule has 5 amide bonds. The van der Waals surface area contributed by atoms with Crippen molar-refractivity contribution in [2.24, 2.45) is 17.4 Å². The SMILES string of the molecule is CC(C)C[C@H](NC(=O)[C@@H](NC(=O)[C@H](CCC(N)=O)NC(=O)[C@@H](N)Cc1ccc(O)cc1)[C@@H](C)O)C(=O)N[C@@H](CCC(=O)O)C(=O)O. The van der Waals surface area contributed by atoms with Crippen molar-refractivity contribution in [2.45, 2.75) is 95.6 Å². The zero-order valence-corrected chi connectivity index (χ0v) is 25.9. The molecule has 0 saturated heterocycles. The second-order valence-electron chi connectivity index (χ2n) is 11.3. The maximum Gasteiger partial charge on any atom is 0.326 e. The molecule has 1 aromatic rings. The van der Waals surface area contributed by atoms with Crippen molar-refractivity contribution in [1.82, 2.24) is 21.3 Å². The number of hydrogen-bond acceptors (Lipinski definition) is 10. The Labute approximate surface area is 265 Å². The lowest BCUT2D eigenvalue weighted by molar-refractivity contribution is -0.143. The quantitative estimate of drug-likeness (QED) is 0.0721. The van der Waals surface area contributed by atoms with Crippen molar-refractivity contribution in [3.05, 3.63) is 29.8 Å². The van der Waals surface area contributed by atoms with E-state index in [2.05, 4.69) is 21.3 Å². The Kier molecular flexibility index (Phi) is 16.1. The second-order valence-corrected chi connectivity index (χ2v) is 11.3. The number of nitrogens with two attached hydrogens (primary N) is 2. The van der Waals surface area contributed by atoms with Crippen molar-refractivity contribution >= 4 is 41.5 Å². The van der Waals surface area contributed by atoms with Gasteiger partial charge in [0.2, 0.25) is 29.5 Å². The molecule has 6 atom stereocenters. The Bertz CT molecular complexity index is 1240. The fourth-order valence-corrected chi connectivity index (χ4v) is 4.23. The number of carboxylic acids is 2. The van der Waals surface area contributed by atoms with Crippen molar-refractivity contribution < 1.29 is 54.0 Å². The highest BCUT2D eigenvalue weighted by Crippen LogP contribution is 2.12. The number of carboxylic acid groups (broad SMARTS) is 2. The molecular weight excluding hydrogens is 608 g/mol. The van der Waals surface area contributed by atoms with Gasteiger partial charge in [-0.05, 0) is 56.2 Å². The van der Waals surface area contributed by atoms with Gasteiger partial charge in [-0.2, -0.15) is 0 Å². The van der Waals surface area contributed by atoms with Gasteiger partial charge < -0.3 is 53.2 Å². The number of carbonyl (C=O) groups is 7. The standard InChI is InChI=1S/C29H44N6O11/c1-14(2)12-21(27(43)33-20(29(45)46)9-11-23(39)40)34-28(44)24(15(3)36)35-26(42)19(8-10-22(31)38)32-25(41)18(30)13-16-4-6-17(37)7-5-16/h4-7,14-15,18-21,24,36-37H,8-13,30H2,1-3H3,(H2,31,38)(H,32,41)(H,33,43)(H,34,44)(H,35,42)(H,39,40)(H,45,46)/t15-,18+,19+,20+,21+,24+/m1/s1. The number of aliphatic hydroxyl groups is 1. The number of primary amides is 1. The first-order valence-electron chi connectivity index (χ1n) is 14.6. The molecule has 0 saturated carbocycles. The first-order valence-corrected chi connectivity index (χ1v) is 14.6. The van der Waals surface area contributed by atoms with Crippen LogP contribution in [0.1, 0.15) is 58.4 Å². The minimum absolute atomic E-state index is 0.0120. The summed E-state index contributed by atoms with van der Waals surface area (Å²) in [5.41, 5.74) is 11.8. The van der Waals surface area contributed by atoms with E-state index >= 15 is 0 Å². The van der Waals surface area contributed by atoms with Gasteiger partial charge in [-0.25, -0.2) is 4.79 Å². The third kappa shape index (κ3) is 14.3. The number of rotatable bonds is 20. The van der Waals surface area contributed by atoms with E-state index in [-0.39, 0.29) is 37.4 Å². The number of amides is 5. The largest absolute Gasteiger partial charge is 0.508 e. The number of carbonyl (C=O) groups excluding carboxylic acids is 5. The summed E-state index contributed by atoms with van der Waals surface area (Å²) >= 11 is 0. The van der Waals surface area contributed by atoms with Gasteiger partial charge in [0.1, 0.15) is 29.9 Å². The van der Waals surface area contributed by atoms with Crippen LogP contribution in [0.2, 0.25) is 0 Å². The number of hydrogen-bond donors (Lipinski definition) is 10. The first-order chi connectivity index (χ1) is 21.4. The number of aliphatic hydroxyl groups excluding tert-OH is 1. The normalized spacial score (nSPS) is 14.9. The highest BCUT2D eigenvalue weighted by molar-refractivity contribution is 5.96. The summed E-state index contributed by atoms with van der Waals surface area (Å²) < 4.78 is 0. The van der Waals surface area contributed by atoms with Crippen molar-refractivity contribution in [3.63, 3.8) is 0 Å². The molecule has 1 aromatic carbocycles. The first kappa shape index (κ1) is 39.3. The molecular formula is C29H44N6O11. The average molecular weight is 653 g/mol. The van der Waals surface area contributed by atoms with Crippen molar-refractivity contribution in [2.75, 3.05) is 0 Å². The van der Waals surface area contributed by atoms with E-state index in [1.807, 2.05) is 0 Å². The molecule has 0 aliphatic rings. The Hall–Kier alpha value is -4.77. The predicted molar refractivity (Wildman–Crippen MR) is 162 cm³/mol. The third-order valence-corrected chi connectivity index (χ3v) is 6.71. The van der Waals surface area contributed by atoms with Gasteiger partial charge in [0.05, 0.1) is 12.1 Å². The van der Waals surface area contributed by atoms with Gasteiger partial charge in [-0.3, -0.25) is 28.8 Å². The van der Waals surface area contributed by atoms with Crippen LogP contribution in [0.25, 0.3) is 0 Å². The molecule has 1 rings (SSSR count). The molecule has 46 heavy (non-hydrogen) atoms. The maximum atomic E-state index is 13.2. The van der Waals surface area contributed by atoms with Crippen LogP contribution in [0.5, 0.6) is 5.75 Å². The molecule has 0 bridgehead atoms. The number of aromatic hydroxyl groups is 1. The maximum absolute atomic E-state index is 13.2. The molecule has 12 N–H and O–H groups in total. The Morgan fingerprint density at radius 2 is 1.26 bits per heavy atom. The molecule has 0 spiro atoms. The lowest BCUT2D eigenvalue weighted by atomic mass is 10.0. The average Bonchev–Trinajstić information content (AvgIpc) is 2.95. The molecule has 17 heteroatoms. The lowest BCUT2D eigenvalue weighted by Crippen LogP contribution is -2.61. The number of phenols is 1. The molecule has 0 unspecified atom stereocenters. The summed E-state index contributed by atoms with van der Waals surface area (Å²) in [7, 11) is 0. The Balaban J connectivity index is 3.09. The van der Waals surface area contributed by atoms with Crippen LogP contribution in [0.15, 0.2) is 24.3 Å². The highest BCUT2D eigenvalue weighted by atomic mass is 16.4. The van der Waals surface area contributed by atoms with E-state index < -0.39 is 90.6 Å². The number of benzene rings is 1. The molecule has 0 aromatic heterocycles. The highest BCUT2D eigenvalue weighted by Gasteiger charge is 2.34. The Morgan fingerprint density at radius 1 is 0.739 bits per heavy atom. The summed E-state index contributed by atoms with van der Waals surface area (Å²) in [5.74, 6) is -7.42.